The number of nitrogens with zero attached hydrogens (tertiary/aromatic N) is 1. The molecule has 1 aromatic carbocycles. The molecule has 0 aromatic heterocycles. The number of hydrogen-bond acceptors (Lipinski definition) is 5. The Morgan fingerprint density at radius 1 is 1.15 bits per heavy atom. The molecule has 9 heteroatoms. The summed E-state index contributed by atoms with van der Waals surface area (Å²) in [5.74, 6) is 0.417. The van der Waals surface area contributed by atoms with Gasteiger partial charge in [0.05, 0.1) is 5.60 Å². The smallest absolute Gasteiger partial charge is 0.406 e. The number of aliphatic hydroxyl groups is 1. The summed E-state index contributed by atoms with van der Waals surface area (Å²) in [6, 6.07) is 5.67. The Bertz CT molecular complexity index is 878. The fraction of sp³-hybridized carbons (Fsp3) is 0.767. The Labute approximate surface area is 231 Å². The van der Waals surface area contributed by atoms with Crippen LogP contribution in [-0.4, -0.2) is 62.7 Å². The van der Waals surface area contributed by atoms with E-state index in [1.54, 1.807) is 13.2 Å². The normalized spacial score (nSPS) is 21.4. The minimum Gasteiger partial charge on any atom is -0.406 e. The zero-order valence-electron chi connectivity index (χ0n) is 23.6. The van der Waals surface area contributed by atoms with E-state index in [-0.39, 0.29) is 23.5 Å². The summed E-state index contributed by atoms with van der Waals surface area (Å²) in [5, 5.41) is 15.3. The number of unbranched alkanes of at least 4 members (excludes halogenated alkanes) is 1. The molecular weight excluding hydrogens is 509 g/mol. The van der Waals surface area contributed by atoms with Gasteiger partial charge in [-0.15, -0.1) is 13.2 Å². The number of likely N-dealkylation sites (tertiary alicyclic amines) is 1. The molecule has 0 unspecified atom stereocenters. The van der Waals surface area contributed by atoms with Gasteiger partial charge in [-0.1, -0.05) is 44.2 Å². The van der Waals surface area contributed by atoms with Crippen LogP contribution in [0.1, 0.15) is 82.6 Å². The standard InChI is InChI=1S/C30H47F3N2O4/c1-34-21-24(18-23-10-4-3-5-11-23)19-28(36)35-16-9-13-26(22-35)29(37,15-6-7-17-38-2)25-12-8-14-27(20-25)39-30(31,32)33/h8,12,14,20,23-24,26,34,37H,3-7,9-11,13,15-19,21-22H2,1-2H3/t24-,26-,29-/m1/s1. The van der Waals surface area contributed by atoms with Crippen molar-refractivity contribution in [1.29, 1.82) is 0 Å². The molecule has 3 rings (SSSR count). The Morgan fingerprint density at radius 3 is 2.62 bits per heavy atom. The van der Waals surface area contributed by atoms with Crippen LogP contribution in [0.15, 0.2) is 24.3 Å². The lowest BCUT2D eigenvalue weighted by Gasteiger charge is -2.43. The molecule has 1 amide bonds. The van der Waals surface area contributed by atoms with Crippen molar-refractivity contribution >= 4 is 5.91 Å². The molecule has 2 N–H and O–H groups in total. The van der Waals surface area contributed by atoms with Crippen molar-refractivity contribution < 1.29 is 32.5 Å². The molecule has 0 bridgehead atoms. The molecule has 2 aliphatic rings. The van der Waals surface area contributed by atoms with Gasteiger partial charge < -0.3 is 24.8 Å². The average Bonchev–Trinajstić information content (AvgIpc) is 2.91. The third-order valence-electron chi connectivity index (χ3n) is 8.52. The van der Waals surface area contributed by atoms with E-state index in [2.05, 4.69) is 10.1 Å². The zero-order valence-corrected chi connectivity index (χ0v) is 23.6. The second-order valence-corrected chi connectivity index (χ2v) is 11.5. The van der Waals surface area contributed by atoms with Crippen molar-refractivity contribution in [3.05, 3.63) is 29.8 Å². The van der Waals surface area contributed by atoms with Crippen molar-refractivity contribution in [3.63, 3.8) is 0 Å². The minimum atomic E-state index is -4.81. The third kappa shape index (κ3) is 9.94. The zero-order chi connectivity index (χ0) is 28.3. The molecular formula is C30H47F3N2O4. The van der Waals surface area contributed by atoms with Crippen molar-refractivity contribution in [2.45, 2.75) is 89.0 Å². The highest BCUT2D eigenvalue weighted by Crippen LogP contribution is 2.41. The number of halogens is 3. The predicted octanol–water partition coefficient (Wildman–Crippen LogP) is 6.02. The van der Waals surface area contributed by atoms with Crippen molar-refractivity contribution in [2.24, 2.45) is 17.8 Å². The average molecular weight is 557 g/mol. The van der Waals surface area contributed by atoms with E-state index < -0.39 is 12.0 Å². The van der Waals surface area contributed by atoms with Crippen LogP contribution in [0.2, 0.25) is 0 Å². The predicted molar refractivity (Wildman–Crippen MR) is 145 cm³/mol. The molecule has 3 atom stereocenters. The number of amides is 1. The fourth-order valence-electron chi connectivity index (χ4n) is 6.58. The topological polar surface area (TPSA) is 71.0 Å². The molecule has 0 spiro atoms. The Balaban J connectivity index is 1.74. The number of methoxy groups -OCH3 is 1. The van der Waals surface area contributed by atoms with E-state index in [0.29, 0.717) is 56.9 Å². The molecule has 1 aliphatic carbocycles. The summed E-state index contributed by atoms with van der Waals surface area (Å²) >= 11 is 0. The van der Waals surface area contributed by atoms with Crippen LogP contribution in [0, 0.1) is 17.8 Å². The largest absolute Gasteiger partial charge is 0.573 e. The molecule has 1 saturated heterocycles. The lowest BCUT2D eigenvalue weighted by atomic mass is 9.74. The lowest BCUT2D eigenvalue weighted by molar-refractivity contribution is -0.274. The first kappa shape index (κ1) is 31.7. The first-order valence-electron chi connectivity index (χ1n) is 14.6. The van der Waals surface area contributed by atoms with Gasteiger partial charge in [-0.2, -0.15) is 0 Å². The van der Waals surface area contributed by atoms with Gasteiger partial charge >= 0.3 is 6.36 Å². The second-order valence-electron chi connectivity index (χ2n) is 11.5. The first-order chi connectivity index (χ1) is 18.6. The van der Waals surface area contributed by atoms with Crippen LogP contribution < -0.4 is 10.1 Å². The van der Waals surface area contributed by atoms with Crippen LogP contribution >= 0.6 is 0 Å². The molecule has 1 heterocycles. The van der Waals surface area contributed by atoms with Crippen LogP contribution in [0.4, 0.5) is 13.2 Å². The van der Waals surface area contributed by atoms with Crippen LogP contribution in [0.3, 0.4) is 0 Å². The Hall–Kier alpha value is -1.84. The van der Waals surface area contributed by atoms with Crippen LogP contribution in [0.5, 0.6) is 5.75 Å². The number of carbonyl (C=O) groups excluding carboxylic acids is 1. The number of alkyl halides is 3. The highest BCUT2D eigenvalue weighted by molar-refractivity contribution is 5.76. The van der Waals surface area contributed by atoms with E-state index in [9.17, 15) is 23.1 Å². The Kier molecular flexibility index (Phi) is 12.4. The number of carbonyl (C=O) groups is 1. The lowest BCUT2D eigenvalue weighted by Crippen LogP contribution is -2.48. The number of benzene rings is 1. The van der Waals surface area contributed by atoms with E-state index in [4.69, 9.17) is 4.74 Å². The quantitative estimate of drug-likeness (QED) is 0.274. The van der Waals surface area contributed by atoms with Crippen molar-refractivity contribution in [1.82, 2.24) is 10.2 Å². The summed E-state index contributed by atoms with van der Waals surface area (Å²) in [5.41, 5.74) is -0.990. The van der Waals surface area contributed by atoms with Gasteiger partial charge in [0, 0.05) is 39.1 Å². The van der Waals surface area contributed by atoms with E-state index in [1.165, 1.54) is 50.3 Å². The van der Waals surface area contributed by atoms with Gasteiger partial charge in [0.25, 0.3) is 0 Å². The molecule has 222 valence electrons. The Morgan fingerprint density at radius 2 is 1.92 bits per heavy atom. The second kappa shape index (κ2) is 15.2. The van der Waals surface area contributed by atoms with E-state index in [1.807, 2.05) is 11.9 Å². The van der Waals surface area contributed by atoms with Gasteiger partial charge in [0.15, 0.2) is 0 Å². The van der Waals surface area contributed by atoms with Gasteiger partial charge in [-0.25, -0.2) is 0 Å². The summed E-state index contributed by atoms with van der Waals surface area (Å²) in [6.07, 6.45) is 6.23. The maximum atomic E-state index is 13.5. The maximum absolute atomic E-state index is 13.5. The van der Waals surface area contributed by atoms with Gasteiger partial charge in [0.2, 0.25) is 5.91 Å². The van der Waals surface area contributed by atoms with Crippen molar-refractivity contribution in [3.8, 4) is 5.75 Å². The SMILES string of the molecule is CNC[C@@H](CC(=O)N1CCC[C@@H]([C@@](O)(CCCCOC)c2cccc(OC(F)(F)F)c2)C1)CC1CCCCC1. The summed E-state index contributed by atoms with van der Waals surface area (Å²) in [6.45, 7) is 2.37. The number of nitrogens with one attached hydrogen (secondary N) is 1. The highest BCUT2D eigenvalue weighted by atomic mass is 19.4. The summed E-state index contributed by atoms with van der Waals surface area (Å²) in [4.78, 5) is 15.4. The van der Waals surface area contributed by atoms with Gasteiger partial charge in [-0.3, -0.25) is 4.79 Å². The van der Waals surface area contributed by atoms with Gasteiger partial charge in [0.1, 0.15) is 5.75 Å². The minimum absolute atomic E-state index is 0.103. The molecule has 1 aliphatic heterocycles. The molecule has 39 heavy (non-hydrogen) atoms. The molecule has 2 fully saturated rings. The molecule has 1 saturated carbocycles. The highest BCUT2D eigenvalue weighted by Gasteiger charge is 2.42. The number of rotatable bonds is 14. The van der Waals surface area contributed by atoms with Gasteiger partial charge in [-0.05, 0) is 81.6 Å². The number of ether oxygens (including phenoxy) is 2. The maximum Gasteiger partial charge on any atom is 0.573 e. The van der Waals surface area contributed by atoms with Crippen LogP contribution in [-0.2, 0) is 15.1 Å². The molecule has 6 nitrogen and oxygen atoms in total. The van der Waals surface area contributed by atoms with E-state index >= 15 is 0 Å². The fourth-order valence-corrected chi connectivity index (χ4v) is 6.58. The van der Waals surface area contributed by atoms with Crippen LogP contribution in [0.25, 0.3) is 0 Å². The summed E-state index contributed by atoms with van der Waals surface area (Å²) < 4.78 is 48.0. The molecule has 0 radical (unpaired) electrons. The summed E-state index contributed by atoms with van der Waals surface area (Å²) in [7, 11) is 3.54. The first-order valence-corrected chi connectivity index (χ1v) is 14.6. The third-order valence-corrected chi connectivity index (χ3v) is 8.52. The number of hydrogen-bond donors (Lipinski definition) is 2. The monoisotopic (exact) mass is 556 g/mol. The van der Waals surface area contributed by atoms with Crippen molar-refractivity contribution in [2.75, 3.05) is 40.4 Å². The number of piperidine rings is 1. The van der Waals surface area contributed by atoms with E-state index in [0.717, 1.165) is 25.8 Å². The molecule has 1 aromatic rings.